The van der Waals surface area contributed by atoms with E-state index < -0.39 is 28.3 Å². The number of carbonyl (C=O) groups excluding carboxylic acids is 1. The molecule has 0 saturated carbocycles. The molecule has 9 heteroatoms. The quantitative estimate of drug-likeness (QED) is 0.604. The van der Waals surface area contributed by atoms with Gasteiger partial charge in [-0.25, -0.2) is 0 Å². The summed E-state index contributed by atoms with van der Waals surface area (Å²) in [6, 6.07) is 14.8. The maximum atomic E-state index is 13.5. The molecule has 1 N–H and O–H groups in total. The highest BCUT2D eigenvalue weighted by Crippen LogP contribution is 2.47. The monoisotopic (exact) mass is 461 g/mol. The molecule has 1 unspecified atom stereocenters. The number of ether oxygens (including phenoxy) is 2. The zero-order valence-corrected chi connectivity index (χ0v) is 17.1. The summed E-state index contributed by atoms with van der Waals surface area (Å²) in [5.41, 5.74) is -1.79. The molecule has 0 radical (unpaired) electrons. The van der Waals surface area contributed by atoms with E-state index in [1.165, 1.54) is 17.0 Å². The average molecular weight is 462 g/mol. The van der Waals surface area contributed by atoms with E-state index in [4.69, 9.17) is 21.1 Å². The van der Waals surface area contributed by atoms with E-state index in [0.717, 1.165) is 12.1 Å². The van der Waals surface area contributed by atoms with Crippen molar-refractivity contribution in [1.82, 2.24) is 0 Å². The molecule has 5 nitrogen and oxygen atoms in total. The van der Waals surface area contributed by atoms with Crippen molar-refractivity contribution in [2.24, 2.45) is 0 Å². The largest absolute Gasteiger partial charge is 0.454 e. The Balaban J connectivity index is 1.57. The summed E-state index contributed by atoms with van der Waals surface area (Å²) in [7, 11) is 0. The second-order valence-corrected chi connectivity index (χ2v) is 7.91. The Kier molecular flexibility index (Phi) is 4.61. The molecule has 0 saturated heterocycles. The Morgan fingerprint density at radius 3 is 2.56 bits per heavy atom. The number of benzene rings is 3. The normalized spacial score (nSPS) is 19.4. The van der Waals surface area contributed by atoms with Gasteiger partial charge in [0.15, 0.2) is 17.1 Å². The lowest BCUT2D eigenvalue weighted by Crippen LogP contribution is -2.40. The Morgan fingerprint density at radius 2 is 1.78 bits per heavy atom. The van der Waals surface area contributed by atoms with Crippen LogP contribution in [-0.2, 0) is 23.1 Å². The Labute approximate surface area is 185 Å². The van der Waals surface area contributed by atoms with Gasteiger partial charge in [0, 0.05) is 11.1 Å². The molecule has 2 heterocycles. The lowest BCUT2D eigenvalue weighted by atomic mass is 9.87. The van der Waals surface area contributed by atoms with E-state index in [9.17, 15) is 23.1 Å². The molecule has 2 aliphatic rings. The Morgan fingerprint density at radius 1 is 1.03 bits per heavy atom. The standard InChI is InChI=1S/C23H15ClF3NO4/c24-17-7-5-13(9-16(17)23(25,26)27)11-28-18-4-2-1-3-15(18)22(30,21(28)29)14-6-8-19-20(10-14)32-12-31-19/h1-10,30H,11-12H2. The highest BCUT2D eigenvalue weighted by Gasteiger charge is 2.51. The third-order valence-electron chi connectivity index (χ3n) is 5.61. The number of para-hydroxylation sites is 1. The summed E-state index contributed by atoms with van der Waals surface area (Å²) < 4.78 is 50.5. The number of fused-ring (bicyclic) bond motifs is 2. The number of halogens is 4. The summed E-state index contributed by atoms with van der Waals surface area (Å²) in [6.45, 7) is -0.144. The first-order chi connectivity index (χ1) is 15.2. The van der Waals surface area contributed by atoms with Gasteiger partial charge in [-0.15, -0.1) is 0 Å². The SMILES string of the molecule is O=C1N(Cc2ccc(Cl)c(C(F)(F)F)c2)c2ccccc2C1(O)c1ccc2c(c1)OCO2. The van der Waals surface area contributed by atoms with Gasteiger partial charge < -0.3 is 19.5 Å². The van der Waals surface area contributed by atoms with Crippen LogP contribution in [0.3, 0.4) is 0 Å². The first-order valence-electron chi connectivity index (χ1n) is 9.59. The number of carbonyl (C=O) groups is 1. The summed E-state index contributed by atoms with van der Waals surface area (Å²) in [6.07, 6.45) is -4.63. The van der Waals surface area contributed by atoms with Gasteiger partial charge in [0.05, 0.1) is 22.8 Å². The molecule has 0 fully saturated rings. The molecular formula is C23H15ClF3NO4. The highest BCUT2D eigenvalue weighted by atomic mass is 35.5. The van der Waals surface area contributed by atoms with E-state index in [1.807, 2.05) is 0 Å². The lowest BCUT2D eigenvalue weighted by Gasteiger charge is -2.24. The van der Waals surface area contributed by atoms with Gasteiger partial charge in [-0.3, -0.25) is 4.79 Å². The van der Waals surface area contributed by atoms with Crippen LogP contribution in [0.15, 0.2) is 60.7 Å². The van der Waals surface area contributed by atoms with Crippen LogP contribution >= 0.6 is 11.6 Å². The third kappa shape index (κ3) is 3.10. The van der Waals surface area contributed by atoms with Crippen LogP contribution in [0.1, 0.15) is 22.3 Å². The molecule has 3 aromatic rings. The Hall–Kier alpha value is -3.23. The summed E-state index contributed by atoms with van der Waals surface area (Å²) >= 11 is 5.72. The minimum atomic E-state index is -4.63. The van der Waals surface area contributed by atoms with Gasteiger partial charge in [0.25, 0.3) is 5.91 Å². The highest BCUT2D eigenvalue weighted by molar-refractivity contribution is 6.31. The van der Waals surface area contributed by atoms with Gasteiger partial charge in [0.2, 0.25) is 6.79 Å². The molecule has 0 aromatic heterocycles. The predicted octanol–water partition coefficient (Wildman–Crippen LogP) is 4.87. The van der Waals surface area contributed by atoms with Crippen LogP contribution in [0.2, 0.25) is 5.02 Å². The number of aliphatic hydroxyl groups is 1. The molecule has 0 bridgehead atoms. The molecular weight excluding hydrogens is 447 g/mol. The molecule has 0 aliphatic carbocycles. The number of alkyl halides is 3. The van der Waals surface area contributed by atoms with Crippen molar-refractivity contribution in [3.05, 3.63) is 87.9 Å². The summed E-state index contributed by atoms with van der Waals surface area (Å²) in [5.74, 6) is 0.210. The van der Waals surface area contributed by atoms with Crippen molar-refractivity contribution in [2.75, 3.05) is 11.7 Å². The molecule has 5 rings (SSSR count). The number of anilines is 1. The summed E-state index contributed by atoms with van der Waals surface area (Å²) in [4.78, 5) is 14.8. The van der Waals surface area contributed by atoms with Crippen LogP contribution in [0.5, 0.6) is 11.5 Å². The van der Waals surface area contributed by atoms with Gasteiger partial charge in [-0.1, -0.05) is 41.9 Å². The molecule has 2 aliphatic heterocycles. The smallest absolute Gasteiger partial charge is 0.417 e. The fourth-order valence-corrected chi connectivity index (χ4v) is 4.29. The Bertz CT molecular complexity index is 1250. The van der Waals surface area contributed by atoms with E-state index in [0.29, 0.717) is 22.7 Å². The second-order valence-electron chi connectivity index (χ2n) is 7.50. The fourth-order valence-electron chi connectivity index (χ4n) is 4.06. The van der Waals surface area contributed by atoms with Crippen molar-refractivity contribution in [1.29, 1.82) is 0 Å². The van der Waals surface area contributed by atoms with E-state index in [1.54, 1.807) is 36.4 Å². The number of nitrogens with zero attached hydrogens (tertiary/aromatic N) is 1. The molecule has 1 atom stereocenters. The van der Waals surface area contributed by atoms with Crippen molar-refractivity contribution in [3.8, 4) is 11.5 Å². The van der Waals surface area contributed by atoms with Crippen LogP contribution in [-0.4, -0.2) is 17.8 Å². The van der Waals surface area contributed by atoms with Crippen molar-refractivity contribution in [3.63, 3.8) is 0 Å². The maximum Gasteiger partial charge on any atom is 0.417 e. The number of amides is 1. The maximum absolute atomic E-state index is 13.5. The minimum absolute atomic E-state index is 0.0337. The van der Waals surface area contributed by atoms with Crippen molar-refractivity contribution in [2.45, 2.75) is 18.3 Å². The van der Waals surface area contributed by atoms with Crippen LogP contribution in [0.4, 0.5) is 18.9 Å². The van der Waals surface area contributed by atoms with E-state index in [-0.39, 0.29) is 24.5 Å². The molecule has 3 aromatic carbocycles. The fraction of sp³-hybridized carbons (Fsp3) is 0.174. The van der Waals surface area contributed by atoms with Gasteiger partial charge in [-0.05, 0) is 35.9 Å². The van der Waals surface area contributed by atoms with Gasteiger partial charge in [0.1, 0.15) is 0 Å². The van der Waals surface area contributed by atoms with Gasteiger partial charge >= 0.3 is 6.18 Å². The number of hydrogen-bond acceptors (Lipinski definition) is 4. The third-order valence-corrected chi connectivity index (χ3v) is 5.94. The molecule has 32 heavy (non-hydrogen) atoms. The number of hydrogen-bond donors (Lipinski definition) is 1. The average Bonchev–Trinajstić information content (AvgIpc) is 3.32. The molecule has 164 valence electrons. The molecule has 0 spiro atoms. The zero-order valence-electron chi connectivity index (χ0n) is 16.3. The molecule has 1 amide bonds. The van der Waals surface area contributed by atoms with Gasteiger partial charge in [-0.2, -0.15) is 13.2 Å². The van der Waals surface area contributed by atoms with Crippen molar-refractivity contribution >= 4 is 23.2 Å². The summed E-state index contributed by atoms with van der Waals surface area (Å²) in [5, 5.41) is 11.2. The number of rotatable bonds is 3. The van der Waals surface area contributed by atoms with Crippen LogP contribution in [0.25, 0.3) is 0 Å². The topological polar surface area (TPSA) is 59.0 Å². The minimum Gasteiger partial charge on any atom is -0.454 e. The zero-order chi connectivity index (χ0) is 22.7. The van der Waals surface area contributed by atoms with Crippen molar-refractivity contribution < 1.29 is 32.5 Å². The van der Waals surface area contributed by atoms with E-state index >= 15 is 0 Å². The first kappa shape index (κ1) is 20.7. The van der Waals surface area contributed by atoms with Crippen LogP contribution < -0.4 is 14.4 Å². The van der Waals surface area contributed by atoms with Crippen LogP contribution in [0, 0.1) is 0 Å². The predicted molar refractivity (Wildman–Crippen MR) is 110 cm³/mol. The lowest BCUT2D eigenvalue weighted by molar-refractivity contribution is -0.137. The van der Waals surface area contributed by atoms with E-state index in [2.05, 4.69) is 0 Å². The first-order valence-corrected chi connectivity index (χ1v) is 9.97. The second kappa shape index (κ2) is 7.15.